The Morgan fingerprint density at radius 2 is 2.00 bits per heavy atom. The molecule has 0 bridgehead atoms. The van der Waals surface area contributed by atoms with E-state index in [-0.39, 0.29) is 23.5 Å². The Morgan fingerprint density at radius 1 is 1.35 bits per heavy atom. The van der Waals surface area contributed by atoms with E-state index < -0.39 is 11.0 Å². The molecule has 1 saturated carbocycles. The molecule has 1 aliphatic carbocycles. The highest BCUT2D eigenvalue weighted by atomic mass is 16.6. The summed E-state index contributed by atoms with van der Waals surface area (Å²) >= 11 is 0. The van der Waals surface area contributed by atoms with Crippen LogP contribution in [0.5, 0.6) is 5.75 Å². The first-order valence-corrected chi connectivity index (χ1v) is 8.06. The zero-order valence-corrected chi connectivity index (χ0v) is 13.6. The van der Waals surface area contributed by atoms with Crippen LogP contribution >= 0.6 is 0 Å². The Kier molecular flexibility index (Phi) is 5.90. The van der Waals surface area contributed by atoms with Gasteiger partial charge in [0.15, 0.2) is 6.10 Å². The van der Waals surface area contributed by atoms with Gasteiger partial charge >= 0.3 is 5.82 Å². The van der Waals surface area contributed by atoms with Crippen molar-refractivity contribution in [3.05, 3.63) is 27.9 Å². The van der Waals surface area contributed by atoms with E-state index in [0.29, 0.717) is 5.69 Å². The zero-order valence-electron chi connectivity index (χ0n) is 13.6. The predicted octanol–water partition coefficient (Wildman–Crippen LogP) is 2.90. The van der Waals surface area contributed by atoms with Crippen molar-refractivity contribution in [1.29, 1.82) is 0 Å². The molecule has 0 aliphatic heterocycles. The van der Waals surface area contributed by atoms with E-state index in [2.05, 4.69) is 10.3 Å². The molecule has 23 heavy (non-hydrogen) atoms. The number of nitro groups is 1. The number of aromatic nitrogens is 1. The fraction of sp³-hybridized carbons (Fsp3) is 0.625. The van der Waals surface area contributed by atoms with Crippen LogP contribution in [0.3, 0.4) is 0 Å². The molecule has 7 nitrogen and oxygen atoms in total. The monoisotopic (exact) mass is 321 g/mol. The van der Waals surface area contributed by atoms with E-state index in [4.69, 9.17) is 4.74 Å². The van der Waals surface area contributed by atoms with Crippen LogP contribution in [0.2, 0.25) is 0 Å². The maximum absolute atomic E-state index is 12.2. The Bertz CT molecular complexity index is 568. The lowest BCUT2D eigenvalue weighted by atomic mass is 10.1. The van der Waals surface area contributed by atoms with Gasteiger partial charge in [-0.2, -0.15) is 0 Å². The average molecular weight is 321 g/mol. The molecule has 1 atom stereocenters. The van der Waals surface area contributed by atoms with Crippen LogP contribution < -0.4 is 10.1 Å². The van der Waals surface area contributed by atoms with Gasteiger partial charge in [-0.15, -0.1) is 0 Å². The molecule has 1 aromatic rings. The highest BCUT2D eigenvalue weighted by molar-refractivity contribution is 5.81. The number of rotatable bonds is 5. The van der Waals surface area contributed by atoms with Gasteiger partial charge in [0.2, 0.25) is 5.75 Å². The maximum atomic E-state index is 12.2. The summed E-state index contributed by atoms with van der Waals surface area (Å²) < 4.78 is 5.48. The first-order valence-electron chi connectivity index (χ1n) is 8.06. The molecule has 1 aromatic heterocycles. The second kappa shape index (κ2) is 7.89. The molecular weight excluding hydrogens is 298 g/mol. The molecule has 2 rings (SSSR count). The SMILES string of the molecule is Cc1ccc(O[C@@H](C)C(=O)NC2CCCCCC2)c([N+](=O)[O-])n1. The van der Waals surface area contributed by atoms with Crippen molar-refractivity contribution in [1.82, 2.24) is 10.3 Å². The summed E-state index contributed by atoms with van der Waals surface area (Å²) in [4.78, 5) is 26.6. The van der Waals surface area contributed by atoms with Crippen LogP contribution in [0.15, 0.2) is 12.1 Å². The van der Waals surface area contributed by atoms with E-state index in [1.165, 1.54) is 18.9 Å². The largest absolute Gasteiger partial charge is 0.473 e. The number of hydrogen-bond acceptors (Lipinski definition) is 5. The number of carbonyl (C=O) groups excluding carboxylic acids is 1. The van der Waals surface area contributed by atoms with E-state index in [1.54, 1.807) is 19.9 Å². The number of ether oxygens (including phenoxy) is 1. The minimum atomic E-state index is -0.804. The fourth-order valence-corrected chi connectivity index (χ4v) is 2.74. The smallest absolute Gasteiger partial charge is 0.406 e. The fourth-order valence-electron chi connectivity index (χ4n) is 2.74. The Labute approximate surface area is 135 Å². The van der Waals surface area contributed by atoms with Crippen LogP contribution in [-0.4, -0.2) is 28.0 Å². The van der Waals surface area contributed by atoms with Crippen LogP contribution in [0.25, 0.3) is 0 Å². The van der Waals surface area contributed by atoms with Crippen LogP contribution in [0, 0.1) is 17.0 Å². The summed E-state index contributed by atoms with van der Waals surface area (Å²) in [5.74, 6) is -0.588. The first kappa shape index (κ1) is 17.2. The van der Waals surface area contributed by atoms with Crippen LogP contribution in [-0.2, 0) is 4.79 Å². The van der Waals surface area contributed by atoms with Gasteiger partial charge in [-0.05, 0) is 41.8 Å². The highest BCUT2D eigenvalue weighted by Gasteiger charge is 2.24. The van der Waals surface area contributed by atoms with Crippen LogP contribution in [0.1, 0.15) is 51.1 Å². The van der Waals surface area contributed by atoms with Gasteiger partial charge in [-0.25, -0.2) is 0 Å². The molecule has 1 amide bonds. The van der Waals surface area contributed by atoms with Crippen molar-refractivity contribution in [2.45, 2.75) is 64.5 Å². The lowest BCUT2D eigenvalue weighted by Crippen LogP contribution is -2.42. The molecule has 0 spiro atoms. The van der Waals surface area contributed by atoms with Gasteiger partial charge in [0.25, 0.3) is 5.91 Å². The second-order valence-corrected chi connectivity index (χ2v) is 5.99. The summed E-state index contributed by atoms with van der Waals surface area (Å²) in [6, 6.07) is 3.27. The molecule has 0 aromatic carbocycles. The van der Waals surface area contributed by atoms with Crippen LogP contribution in [0.4, 0.5) is 5.82 Å². The molecular formula is C16H23N3O4. The quantitative estimate of drug-likeness (QED) is 0.511. The third-order valence-electron chi connectivity index (χ3n) is 4.03. The molecule has 1 N–H and O–H groups in total. The summed E-state index contributed by atoms with van der Waals surface area (Å²) in [5.41, 5.74) is 0.527. The van der Waals surface area contributed by atoms with Crippen molar-refractivity contribution in [2.75, 3.05) is 0 Å². The highest BCUT2D eigenvalue weighted by Crippen LogP contribution is 2.25. The molecule has 126 valence electrons. The average Bonchev–Trinajstić information content (AvgIpc) is 2.77. The summed E-state index contributed by atoms with van der Waals surface area (Å²) in [6.07, 6.45) is 5.80. The predicted molar refractivity (Wildman–Crippen MR) is 85.4 cm³/mol. The molecule has 1 heterocycles. The maximum Gasteiger partial charge on any atom is 0.406 e. The molecule has 1 fully saturated rings. The standard InChI is InChI=1S/C16H23N3O4/c1-11-9-10-14(15(17-11)19(21)22)23-12(2)16(20)18-13-7-5-3-4-6-8-13/h9-10,12-13H,3-8H2,1-2H3,(H,18,20)/t12-/m0/s1. The third kappa shape index (κ3) is 4.91. The van der Waals surface area contributed by atoms with E-state index in [0.717, 1.165) is 25.7 Å². The van der Waals surface area contributed by atoms with E-state index in [9.17, 15) is 14.9 Å². The zero-order chi connectivity index (χ0) is 16.8. The molecule has 0 unspecified atom stereocenters. The number of aryl methyl sites for hydroxylation is 1. The Balaban J connectivity index is 1.99. The van der Waals surface area contributed by atoms with Gasteiger partial charge in [0.05, 0.1) is 0 Å². The van der Waals surface area contributed by atoms with Crippen molar-refractivity contribution in [3.63, 3.8) is 0 Å². The third-order valence-corrected chi connectivity index (χ3v) is 4.03. The van der Waals surface area contributed by atoms with Crippen molar-refractivity contribution in [3.8, 4) is 5.75 Å². The minimum Gasteiger partial charge on any atom is -0.473 e. The summed E-state index contributed by atoms with van der Waals surface area (Å²) in [6.45, 7) is 3.26. The van der Waals surface area contributed by atoms with Gasteiger partial charge in [-0.3, -0.25) is 4.79 Å². The first-order chi connectivity index (χ1) is 11.0. The van der Waals surface area contributed by atoms with Crippen molar-refractivity contribution in [2.24, 2.45) is 0 Å². The Hall–Kier alpha value is -2.18. The number of nitrogens with zero attached hydrogens (tertiary/aromatic N) is 2. The number of carbonyl (C=O) groups is 1. The molecule has 7 heteroatoms. The molecule has 1 aliphatic rings. The van der Waals surface area contributed by atoms with Gasteiger partial charge in [0, 0.05) is 13.0 Å². The summed E-state index contributed by atoms with van der Waals surface area (Å²) in [7, 11) is 0. The summed E-state index contributed by atoms with van der Waals surface area (Å²) in [5, 5.41) is 14.0. The van der Waals surface area contributed by atoms with Gasteiger partial charge in [0.1, 0.15) is 5.69 Å². The van der Waals surface area contributed by atoms with Crippen molar-refractivity contribution < 1.29 is 14.5 Å². The van der Waals surface area contributed by atoms with Gasteiger partial charge in [-0.1, -0.05) is 25.7 Å². The lowest BCUT2D eigenvalue weighted by molar-refractivity contribution is -0.390. The molecule has 0 saturated heterocycles. The van der Waals surface area contributed by atoms with E-state index >= 15 is 0 Å². The lowest BCUT2D eigenvalue weighted by Gasteiger charge is -2.20. The topological polar surface area (TPSA) is 94.4 Å². The minimum absolute atomic E-state index is 0.0177. The second-order valence-electron chi connectivity index (χ2n) is 5.99. The number of hydrogen-bond donors (Lipinski definition) is 1. The normalized spacial score (nSPS) is 17.1. The molecule has 0 radical (unpaired) electrons. The number of pyridine rings is 1. The number of nitrogens with one attached hydrogen (secondary N) is 1. The van der Waals surface area contributed by atoms with Gasteiger partial charge < -0.3 is 20.2 Å². The van der Waals surface area contributed by atoms with Crippen molar-refractivity contribution >= 4 is 11.7 Å². The van der Waals surface area contributed by atoms with E-state index in [1.807, 2.05) is 0 Å². The Morgan fingerprint density at radius 3 is 2.61 bits per heavy atom. The number of amides is 1.